The van der Waals surface area contributed by atoms with Crippen LogP contribution in [-0.2, 0) is 12.6 Å². The molecule has 0 aromatic heterocycles. The van der Waals surface area contributed by atoms with Gasteiger partial charge in [-0.25, -0.2) is 0 Å². The van der Waals surface area contributed by atoms with Crippen molar-refractivity contribution in [3.05, 3.63) is 70.8 Å². The van der Waals surface area contributed by atoms with Gasteiger partial charge >= 0.3 is 6.18 Å². The first-order valence-corrected chi connectivity index (χ1v) is 6.59. The van der Waals surface area contributed by atoms with Gasteiger partial charge in [-0.1, -0.05) is 48.0 Å². The maximum Gasteiger partial charge on any atom is 0.416 e. The van der Waals surface area contributed by atoms with E-state index in [0.29, 0.717) is 12.0 Å². The van der Waals surface area contributed by atoms with Crippen molar-refractivity contribution in [3.8, 4) is 0 Å². The molecule has 0 aliphatic carbocycles. The van der Waals surface area contributed by atoms with Crippen LogP contribution in [-0.4, -0.2) is 0 Å². The summed E-state index contributed by atoms with van der Waals surface area (Å²) in [6.07, 6.45) is -3.94. The lowest BCUT2D eigenvalue weighted by atomic mass is 9.97. The van der Waals surface area contributed by atoms with E-state index < -0.39 is 11.7 Å². The number of rotatable bonds is 4. The topological polar surface area (TPSA) is 38.0 Å². The molecule has 0 aliphatic heterocycles. The number of benzene rings is 2. The van der Waals surface area contributed by atoms with E-state index in [0.717, 1.165) is 17.2 Å². The lowest BCUT2D eigenvalue weighted by molar-refractivity contribution is -0.137. The third-order valence-electron chi connectivity index (χ3n) is 3.34. The van der Waals surface area contributed by atoms with Gasteiger partial charge < -0.3 is 0 Å². The molecule has 0 bridgehead atoms. The standard InChI is InChI=1S/C16H17F3N2/c1-11-4-2-6-13(8-11)15(21-20)10-12-5-3-7-14(9-12)16(17,18)19/h2-9,15,21H,10,20H2,1H3. The normalized spacial score (nSPS) is 13.2. The molecular weight excluding hydrogens is 277 g/mol. The molecule has 2 rings (SSSR count). The molecule has 0 saturated heterocycles. The molecule has 2 aromatic rings. The van der Waals surface area contributed by atoms with Crippen molar-refractivity contribution in [1.82, 2.24) is 5.43 Å². The van der Waals surface area contributed by atoms with Crippen LogP contribution in [0, 0.1) is 6.92 Å². The number of hydrazine groups is 1. The third-order valence-corrected chi connectivity index (χ3v) is 3.34. The lowest BCUT2D eigenvalue weighted by Gasteiger charge is -2.18. The van der Waals surface area contributed by atoms with E-state index in [2.05, 4.69) is 5.43 Å². The number of halogens is 3. The molecule has 1 atom stereocenters. The predicted octanol–water partition coefficient (Wildman–Crippen LogP) is 3.76. The Morgan fingerprint density at radius 2 is 1.81 bits per heavy atom. The summed E-state index contributed by atoms with van der Waals surface area (Å²) in [5.41, 5.74) is 4.66. The summed E-state index contributed by atoms with van der Waals surface area (Å²) < 4.78 is 38.2. The fraction of sp³-hybridized carbons (Fsp3) is 0.250. The Labute approximate surface area is 121 Å². The Hall–Kier alpha value is -1.85. The fourth-order valence-electron chi connectivity index (χ4n) is 2.27. The van der Waals surface area contributed by atoms with Crippen LogP contribution in [0.15, 0.2) is 48.5 Å². The van der Waals surface area contributed by atoms with Gasteiger partial charge in [0.25, 0.3) is 0 Å². The Kier molecular flexibility index (Phi) is 4.65. The molecule has 0 spiro atoms. The van der Waals surface area contributed by atoms with E-state index in [1.54, 1.807) is 6.07 Å². The van der Waals surface area contributed by atoms with Crippen molar-refractivity contribution < 1.29 is 13.2 Å². The van der Waals surface area contributed by atoms with Gasteiger partial charge in [-0.3, -0.25) is 11.3 Å². The number of nitrogens with one attached hydrogen (secondary N) is 1. The molecule has 2 nitrogen and oxygen atoms in total. The van der Waals surface area contributed by atoms with E-state index >= 15 is 0 Å². The van der Waals surface area contributed by atoms with Gasteiger partial charge in [0, 0.05) is 6.04 Å². The Balaban J connectivity index is 2.23. The number of hydrogen-bond acceptors (Lipinski definition) is 2. The summed E-state index contributed by atoms with van der Waals surface area (Å²) in [4.78, 5) is 0. The molecule has 21 heavy (non-hydrogen) atoms. The fourth-order valence-corrected chi connectivity index (χ4v) is 2.27. The molecule has 0 saturated carbocycles. The van der Waals surface area contributed by atoms with Crippen LogP contribution in [0.4, 0.5) is 13.2 Å². The van der Waals surface area contributed by atoms with Crippen LogP contribution in [0.2, 0.25) is 0 Å². The molecule has 112 valence electrons. The van der Waals surface area contributed by atoms with Gasteiger partial charge in [0.1, 0.15) is 0 Å². The summed E-state index contributed by atoms with van der Waals surface area (Å²) in [7, 11) is 0. The SMILES string of the molecule is Cc1cccc(C(Cc2cccc(C(F)(F)F)c2)NN)c1. The van der Waals surface area contributed by atoms with E-state index in [-0.39, 0.29) is 6.04 Å². The number of nitrogens with two attached hydrogens (primary N) is 1. The second-order valence-electron chi connectivity index (χ2n) is 5.04. The Morgan fingerprint density at radius 1 is 1.10 bits per heavy atom. The maximum absolute atomic E-state index is 12.7. The highest BCUT2D eigenvalue weighted by Gasteiger charge is 2.30. The molecule has 0 radical (unpaired) electrons. The average Bonchev–Trinajstić information content (AvgIpc) is 2.44. The van der Waals surface area contributed by atoms with Crippen LogP contribution in [0.1, 0.15) is 28.3 Å². The Morgan fingerprint density at radius 3 is 2.43 bits per heavy atom. The lowest BCUT2D eigenvalue weighted by Crippen LogP contribution is -2.29. The quantitative estimate of drug-likeness (QED) is 0.665. The molecule has 0 fully saturated rings. The van der Waals surface area contributed by atoms with Crippen molar-refractivity contribution >= 4 is 0 Å². The second kappa shape index (κ2) is 6.28. The van der Waals surface area contributed by atoms with E-state index in [1.807, 2.05) is 31.2 Å². The predicted molar refractivity (Wildman–Crippen MR) is 76.4 cm³/mol. The molecule has 3 N–H and O–H groups in total. The minimum Gasteiger partial charge on any atom is -0.271 e. The van der Waals surface area contributed by atoms with Gasteiger partial charge in [0.15, 0.2) is 0 Å². The summed E-state index contributed by atoms with van der Waals surface area (Å²) in [6.45, 7) is 1.96. The summed E-state index contributed by atoms with van der Waals surface area (Å²) in [6, 6.07) is 12.8. The summed E-state index contributed by atoms with van der Waals surface area (Å²) in [5, 5.41) is 0. The van der Waals surface area contributed by atoms with Crippen molar-refractivity contribution in [2.24, 2.45) is 5.84 Å². The first kappa shape index (κ1) is 15.5. The number of alkyl halides is 3. The van der Waals surface area contributed by atoms with Crippen molar-refractivity contribution in [2.75, 3.05) is 0 Å². The third kappa shape index (κ3) is 4.06. The molecule has 1 unspecified atom stereocenters. The Bertz CT molecular complexity index is 608. The highest BCUT2D eigenvalue weighted by atomic mass is 19.4. The first-order valence-electron chi connectivity index (χ1n) is 6.59. The average molecular weight is 294 g/mol. The van der Waals surface area contributed by atoms with Gasteiger partial charge in [0.05, 0.1) is 5.56 Å². The smallest absolute Gasteiger partial charge is 0.271 e. The number of hydrogen-bond donors (Lipinski definition) is 2. The molecule has 2 aromatic carbocycles. The molecule has 0 amide bonds. The van der Waals surface area contributed by atoms with Crippen LogP contribution >= 0.6 is 0 Å². The number of aryl methyl sites for hydroxylation is 1. The van der Waals surface area contributed by atoms with Crippen LogP contribution in [0.3, 0.4) is 0 Å². The molecule has 5 heteroatoms. The first-order chi connectivity index (χ1) is 9.90. The minimum absolute atomic E-state index is 0.228. The zero-order chi connectivity index (χ0) is 15.5. The van der Waals surface area contributed by atoms with Crippen LogP contribution < -0.4 is 11.3 Å². The highest BCUT2D eigenvalue weighted by Crippen LogP contribution is 2.30. The van der Waals surface area contributed by atoms with Crippen molar-refractivity contribution in [1.29, 1.82) is 0 Å². The van der Waals surface area contributed by atoms with E-state index in [1.165, 1.54) is 12.1 Å². The van der Waals surface area contributed by atoms with Gasteiger partial charge in [-0.2, -0.15) is 13.2 Å². The minimum atomic E-state index is -4.33. The summed E-state index contributed by atoms with van der Waals surface area (Å²) >= 11 is 0. The van der Waals surface area contributed by atoms with Crippen molar-refractivity contribution in [2.45, 2.75) is 25.6 Å². The van der Waals surface area contributed by atoms with Crippen LogP contribution in [0.5, 0.6) is 0 Å². The maximum atomic E-state index is 12.7. The largest absolute Gasteiger partial charge is 0.416 e. The zero-order valence-electron chi connectivity index (χ0n) is 11.6. The van der Waals surface area contributed by atoms with Crippen LogP contribution in [0.25, 0.3) is 0 Å². The molecule has 0 heterocycles. The monoisotopic (exact) mass is 294 g/mol. The highest BCUT2D eigenvalue weighted by molar-refractivity contribution is 5.30. The van der Waals surface area contributed by atoms with Crippen molar-refractivity contribution in [3.63, 3.8) is 0 Å². The van der Waals surface area contributed by atoms with Gasteiger partial charge in [-0.05, 0) is 30.5 Å². The summed E-state index contributed by atoms with van der Waals surface area (Å²) in [5.74, 6) is 5.55. The zero-order valence-corrected chi connectivity index (χ0v) is 11.6. The van der Waals surface area contributed by atoms with Gasteiger partial charge in [-0.15, -0.1) is 0 Å². The molecule has 0 aliphatic rings. The molecular formula is C16H17F3N2. The van der Waals surface area contributed by atoms with E-state index in [4.69, 9.17) is 5.84 Å². The van der Waals surface area contributed by atoms with Gasteiger partial charge in [0.2, 0.25) is 0 Å². The van der Waals surface area contributed by atoms with E-state index in [9.17, 15) is 13.2 Å². The second-order valence-corrected chi connectivity index (χ2v) is 5.04.